The third-order valence-corrected chi connectivity index (χ3v) is 22.0. The van der Waals surface area contributed by atoms with Crippen molar-refractivity contribution >= 4 is 39.5 Å². The van der Waals surface area contributed by atoms with E-state index in [1.54, 1.807) is 0 Å². The van der Waals surface area contributed by atoms with E-state index < -0.39 is 97.5 Å². The van der Waals surface area contributed by atoms with Gasteiger partial charge in [-0.15, -0.1) is 0 Å². The van der Waals surface area contributed by atoms with Gasteiger partial charge in [0.2, 0.25) is 0 Å². The molecule has 0 rings (SSSR count). The Morgan fingerprint density at radius 2 is 0.495 bits per heavy atom. The van der Waals surface area contributed by atoms with Gasteiger partial charge in [0.25, 0.3) is 0 Å². The highest BCUT2D eigenvalue weighted by Gasteiger charge is 2.30. The van der Waals surface area contributed by atoms with Crippen molar-refractivity contribution in [3.63, 3.8) is 0 Å². The first kappa shape index (κ1) is 101. The van der Waals surface area contributed by atoms with Crippen molar-refractivity contribution in [1.82, 2.24) is 0 Å². The molecular formula is C84H164O17P2. The SMILES string of the molecule is CCCCCCCCCCCCCC(=O)O[C@H](COC(=O)CCCCCCCCCCC)COP(=O)(O)OC[C@H](O)COP(=O)(O)OC[C@@H](COC(=O)CCCCCCCCCCCCCCCCCCCCC(C)C)OC(=O)CCCCCCCCCCCCCCCCCCCCC(C)CC. The molecule has 612 valence electrons. The Kier molecular flexibility index (Phi) is 74.1. The Labute approximate surface area is 632 Å². The highest BCUT2D eigenvalue weighted by atomic mass is 31.2. The second kappa shape index (κ2) is 75.5. The molecule has 6 atom stereocenters. The standard InChI is InChI=1S/C84H164O17P2/c1-7-10-12-14-16-18-35-44-50-56-62-68-83(88)100-79(72-94-81(86)66-60-54-48-40-17-15-13-11-8-2)74-98-102(90,91)96-70-78(85)71-97-103(92,93)99-75-80(73-95-82(87)67-61-55-49-43-38-33-29-25-21-19-23-27-31-36-41-46-52-58-64-76(4)5)101-84(89)69-63-57-51-45-39-34-30-26-22-20-24-28-32-37-42-47-53-59-65-77(6)9-3/h76-80,85H,7-75H2,1-6H3,(H,90,91)(H,92,93)/t77?,78-,79+,80+/m0/s1. The van der Waals surface area contributed by atoms with Crippen molar-refractivity contribution in [1.29, 1.82) is 0 Å². The molecule has 0 aromatic carbocycles. The summed E-state index contributed by atoms with van der Waals surface area (Å²) in [4.78, 5) is 73.0. The minimum atomic E-state index is -4.96. The van der Waals surface area contributed by atoms with Crippen LogP contribution in [-0.2, 0) is 65.4 Å². The van der Waals surface area contributed by atoms with Crippen LogP contribution in [0, 0.1) is 11.8 Å². The van der Waals surface area contributed by atoms with E-state index in [-0.39, 0.29) is 25.7 Å². The second-order valence-corrected chi connectivity index (χ2v) is 33.8. The van der Waals surface area contributed by atoms with Gasteiger partial charge in [0.05, 0.1) is 26.4 Å². The molecule has 19 heteroatoms. The van der Waals surface area contributed by atoms with Gasteiger partial charge >= 0.3 is 39.5 Å². The van der Waals surface area contributed by atoms with Crippen LogP contribution in [0.25, 0.3) is 0 Å². The minimum absolute atomic E-state index is 0.107. The molecule has 0 radical (unpaired) electrons. The van der Waals surface area contributed by atoms with Crippen LogP contribution < -0.4 is 0 Å². The second-order valence-electron chi connectivity index (χ2n) is 30.9. The normalized spacial score (nSPS) is 14.1. The van der Waals surface area contributed by atoms with Crippen molar-refractivity contribution < 1.29 is 80.2 Å². The highest BCUT2D eigenvalue weighted by Crippen LogP contribution is 2.45. The largest absolute Gasteiger partial charge is 0.472 e. The predicted octanol–water partition coefficient (Wildman–Crippen LogP) is 25.5. The highest BCUT2D eigenvalue weighted by molar-refractivity contribution is 7.47. The number of unbranched alkanes of at least 4 members (excludes halogenated alkanes) is 52. The Hall–Kier alpha value is -1.94. The lowest BCUT2D eigenvalue weighted by Gasteiger charge is -2.21. The first-order chi connectivity index (χ1) is 49.9. The van der Waals surface area contributed by atoms with Crippen LogP contribution in [0.15, 0.2) is 0 Å². The van der Waals surface area contributed by atoms with Gasteiger partial charge in [0.1, 0.15) is 19.3 Å². The van der Waals surface area contributed by atoms with E-state index in [0.717, 1.165) is 102 Å². The summed E-state index contributed by atoms with van der Waals surface area (Å²) in [5.74, 6) is -0.413. The molecule has 0 aromatic heterocycles. The van der Waals surface area contributed by atoms with Gasteiger partial charge in [-0.05, 0) is 37.5 Å². The maximum atomic E-state index is 13.1. The van der Waals surface area contributed by atoms with Gasteiger partial charge in [0.15, 0.2) is 12.2 Å². The van der Waals surface area contributed by atoms with Crippen LogP contribution in [0.1, 0.15) is 446 Å². The van der Waals surface area contributed by atoms with Crippen molar-refractivity contribution in [2.24, 2.45) is 11.8 Å². The number of aliphatic hydroxyl groups is 1. The van der Waals surface area contributed by atoms with E-state index in [1.807, 2.05) is 0 Å². The summed E-state index contributed by atoms with van der Waals surface area (Å²) >= 11 is 0. The smallest absolute Gasteiger partial charge is 0.462 e. The molecule has 0 spiro atoms. The Bertz CT molecular complexity index is 1980. The zero-order chi connectivity index (χ0) is 75.6. The number of esters is 4. The molecule has 0 heterocycles. The molecule has 0 saturated carbocycles. The number of hydrogen-bond donors (Lipinski definition) is 3. The topological polar surface area (TPSA) is 237 Å². The fourth-order valence-electron chi connectivity index (χ4n) is 13.0. The molecule has 0 aliphatic heterocycles. The van der Waals surface area contributed by atoms with Gasteiger partial charge in [-0.3, -0.25) is 37.3 Å². The van der Waals surface area contributed by atoms with E-state index in [1.165, 1.54) is 263 Å². The molecule has 0 bridgehead atoms. The van der Waals surface area contributed by atoms with Crippen molar-refractivity contribution in [3.05, 3.63) is 0 Å². The minimum Gasteiger partial charge on any atom is -0.462 e. The zero-order valence-corrected chi connectivity index (χ0v) is 69.4. The van der Waals surface area contributed by atoms with E-state index in [9.17, 15) is 43.2 Å². The molecule has 17 nitrogen and oxygen atoms in total. The van der Waals surface area contributed by atoms with E-state index in [0.29, 0.717) is 25.7 Å². The molecule has 0 aromatic rings. The van der Waals surface area contributed by atoms with Crippen molar-refractivity contribution in [2.45, 2.75) is 464 Å². The number of phosphoric acid groups is 2. The number of ether oxygens (including phenoxy) is 4. The molecular weight excluding hydrogens is 1340 g/mol. The van der Waals surface area contributed by atoms with Crippen molar-refractivity contribution in [2.75, 3.05) is 39.6 Å². The molecule has 103 heavy (non-hydrogen) atoms. The Balaban J connectivity index is 5.17. The summed E-state index contributed by atoms with van der Waals surface area (Å²) in [6, 6.07) is 0. The van der Waals surface area contributed by atoms with E-state index in [2.05, 4.69) is 41.5 Å². The summed E-state index contributed by atoms with van der Waals surface area (Å²) in [5, 5.41) is 10.6. The fraction of sp³-hybridized carbons (Fsp3) is 0.952. The molecule has 0 amide bonds. The molecule has 0 fully saturated rings. The number of aliphatic hydroxyl groups excluding tert-OH is 1. The third-order valence-electron chi connectivity index (χ3n) is 20.1. The molecule has 0 aliphatic carbocycles. The number of hydrogen-bond acceptors (Lipinski definition) is 15. The van der Waals surface area contributed by atoms with Gasteiger partial charge in [0, 0.05) is 25.7 Å². The van der Waals surface area contributed by atoms with Crippen LogP contribution in [0.5, 0.6) is 0 Å². The van der Waals surface area contributed by atoms with Crippen LogP contribution >= 0.6 is 15.6 Å². The maximum absolute atomic E-state index is 13.1. The quantitative estimate of drug-likeness (QED) is 0.0222. The maximum Gasteiger partial charge on any atom is 0.472 e. The number of rotatable bonds is 83. The lowest BCUT2D eigenvalue weighted by molar-refractivity contribution is -0.161. The van der Waals surface area contributed by atoms with Crippen molar-refractivity contribution in [3.8, 4) is 0 Å². The number of carbonyl (C=O) groups is 4. The number of phosphoric ester groups is 2. The monoisotopic (exact) mass is 1510 g/mol. The Morgan fingerprint density at radius 3 is 0.738 bits per heavy atom. The first-order valence-corrected chi connectivity index (χ1v) is 46.5. The van der Waals surface area contributed by atoms with Gasteiger partial charge < -0.3 is 33.8 Å². The summed E-state index contributed by atoms with van der Waals surface area (Å²) in [5.41, 5.74) is 0. The summed E-state index contributed by atoms with van der Waals surface area (Å²) < 4.78 is 68.7. The summed E-state index contributed by atoms with van der Waals surface area (Å²) in [6.45, 7) is 9.73. The molecule has 0 aliphatic rings. The van der Waals surface area contributed by atoms with Crippen LogP contribution in [0.2, 0.25) is 0 Å². The van der Waals surface area contributed by atoms with Crippen LogP contribution in [0.4, 0.5) is 0 Å². The average molecular weight is 1510 g/mol. The zero-order valence-electron chi connectivity index (χ0n) is 67.6. The molecule has 3 N–H and O–H groups in total. The van der Waals surface area contributed by atoms with Gasteiger partial charge in [-0.2, -0.15) is 0 Å². The predicted molar refractivity (Wildman–Crippen MR) is 423 cm³/mol. The fourth-order valence-corrected chi connectivity index (χ4v) is 14.6. The van der Waals surface area contributed by atoms with Crippen LogP contribution in [0.3, 0.4) is 0 Å². The van der Waals surface area contributed by atoms with E-state index in [4.69, 9.17) is 37.0 Å². The van der Waals surface area contributed by atoms with E-state index >= 15 is 0 Å². The van der Waals surface area contributed by atoms with Gasteiger partial charge in [-0.25, -0.2) is 9.13 Å². The Morgan fingerprint density at radius 1 is 0.282 bits per heavy atom. The summed E-state index contributed by atoms with van der Waals surface area (Å²) in [7, 11) is -9.92. The lowest BCUT2D eigenvalue weighted by atomic mass is 9.99. The average Bonchev–Trinajstić information content (AvgIpc) is 0.911. The third kappa shape index (κ3) is 76.6. The molecule has 0 saturated heterocycles. The first-order valence-electron chi connectivity index (χ1n) is 43.5. The lowest BCUT2D eigenvalue weighted by Crippen LogP contribution is -2.30. The molecule has 3 unspecified atom stereocenters. The number of carbonyl (C=O) groups excluding carboxylic acids is 4. The van der Waals surface area contributed by atoms with Gasteiger partial charge in [-0.1, -0.05) is 395 Å². The summed E-state index contributed by atoms with van der Waals surface area (Å²) in [6.07, 6.45) is 66.7. The van der Waals surface area contributed by atoms with Crippen LogP contribution in [-0.4, -0.2) is 96.7 Å².